The molecule has 2 atom stereocenters. The van der Waals surface area contributed by atoms with E-state index in [-0.39, 0.29) is 22.7 Å². The minimum Gasteiger partial charge on any atom is -0.497 e. The number of hydrogen-bond acceptors (Lipinski definition) is 4. The van der Waals surface area contributed by atoms with Crippen molar-refractivity contribution < 1.29 is 14.3 Å². The molecule has 2 aliphatic heterocycles. The molecule has 0 spiro atoms. The normalized spacial score (nSPS) is 26.3. The molecule has 23 heavy (non-hydrogen) atoms. The molecule has 1 aromatic carbocycles. The Morgan fingerprint density at radius 2 is 2.13 bits per heavy atom. The third-order valence-electron chi connectivity index (χ3n) is 4.68. The summed E-state index contributed by atoms with van der Waals surface area (Å²) in [7, 11) is 3.43. The first-order valence-electron chi connectivity index (χ1n) is 7.78. The topological polar surface area (TPSA) is 49.9 Å². The van der Waals surface area contributed by atoms with E-state index in [0.29, 0.717) is 18.7 Å². The molecule has 2 saturated heterocycles. The fraction of sp³-hybridized carbons (Fsp3) is 0.529. The third-order valence-corrected chi connectivity index (χ3v) is 6.19. The second kappa shape index (κ2) is 6.07. The number of methoxy groups -OCH3 is 1. The molecule has 0 bridgehead atoms. The van der Waals surface area contributed by atoms with Crippen molar-refractivity contribution in [3.63, 3.8) is 0 Å². The van der Waals surface area contributed by atoms with Gasteiger partial charge in [0.05, 0.1) is 12.0 Å². The fourth-order valence-corrected chi connectivity index (χ4v) is 4.76. The molecule has 0 aliphatic carbocycles. The van der Waals surface area contributed by atoms with Gasteiger partial charge in [-0.3, -0.25) is 9.59 Å². The number of hydrogen-bond donors (Lipinski definition) is 0. The van der Waals surface area contributed by atoms with Crippen LogP contribution in [0.4, 0.5) is 0 Å². The molecule has 6 heteroatoms. The highest BCUT2D eigenvalue weighted by molar-refractivity contribution is 8.01. The average Bonchev–Trinajstić information content (AvgIpc) is 3.04. The summed E-state index contributed by atoms with van der Waals surface area (Å²) in [6.07, 6.45) is 1.39. The van der Waals surface area contributed by atoms with Crippen LogP contribution in [0.5, 0.6) is 5.75 Å². The molecule has 2 fully saturated rings. The molecule has 2 amide bonds. The van der Waals surface area contributed by atoms with Crippen LogP contribution in [0.1, 0.15) is 25.3 Å². The second-order valence-electron chi connectivity index (χ2n) is 6.31. The van der Waals surface area contributed by atoms with Gasteiger partial charge in [-0.05, 0) is 31.0 Å². The largest absolute Gasteiger partial charge is 0.497 e. The Bertz CT molecular complexity index is 619. The molecule has 0 aromatic heterocycles. The van der Waals surface area contributed by atoms with Gasteiger partial charge in [-0.1, -0.05) is 12.1 Å². The van der Waals surface area contributed by atoms with E-state index in [0.717, 1.165) is 17.7 Å². The Morgan fingerprint density at radius 1 is 1.43 bits per heavy atom. The van der Waals surface area contributed by atoms with E-state index in [1.165, 1.54) is 0 Å². The Labute approximate surface area is 141 Å². The van der Waals surface area contributed by atoms with Crippen molar-refractivity contribution in [2.24, 2.45) is 0 Å². The average molecular weight is 334 g/mol. The molecular formula is C17H22N2O3S. The van der Waals surface area contributed by atoms with Crippen LogP contribution >= 0.6 is 11.8 Å². The smallest absolute Gasteiger partial charge is 0.246 e. The Morgan fingerprint density at radius 3 is 2.78 bits per heavy atom. The minimum atomic E-state index is -0.330. The fourth-order valence-electron chi connectivity index (χ4n) is 3.34. The lowest BCUT2D eigenvalue weighted by atomic mass is 10.1. The highest BCUT2D eigenvalue weighted by Crippen LogP contribution is 2.47. The van der Waals surface area contributed by atoms with Crippen molar-refractivity contribution in [2.45, 2.75) is 37.2 Å². The summed E-state index contributed by atoms with van der Waals surface area (Å²) in [6.45, 7) is 2.60. The van der Waals surface area contributed by atoms with Crippen molar-refractivity contribution in [3.8, 4) is 5.75 Å². The molecule has 0 N–H and O–H groups in total. The number of fused-ring (bicyclic) bond motifs is 1. The van der Waals surface area contributed by atoms with E-state index < -0.39 is 0 Å². The highest BCUT2D eigenvalue weighted by Gasteiger charge is 2.53. The van der Waals surface area contributed by atoms with Crippen LogP contribution in [0.2, 0.25) is 0 Å². The van der Waals surface area contributed by atoms with Crippen LogP contribution in [0.15, 0.2) is 24.3 Å². The Kier molecular flexibility index (Phi) is 4.27. The van der Waals surface area contributed by atoms with E-state index in [9.17, 15) is 9.59 Å². The molecule has 2 heterocycles. The third kappa shape index (κ3) is 2.92. The maximum Gasteiger partial charge on any atom is 0.246 e. The van der Waals surface area contributed by atoms with Crippen LogP contribution in [-0.2, 0) is 16.1 Å². The number of nitrogens with zero attached hydrogens (tertiary/aromatic N) is 2. The van der Waals surface area contributed by atoms with E-state index in [1.807, 2.05) is 29.2 Å². The van der Waals surface area contributed by atoms with Gasteiger partial charge in [-0.15, -0.1) is 11.8 Å². The maximum atomic E-state index is 12.8. The summed E-state index contributed by atoms with van der Waals surface area (Å²) in [5.74, 6) is 1.61. The van der Waals surface area contributed by atoms with E-state index in [2.05, 4.69) is 6.92 Å². The molecule has 1 aromatic rings. The second-order valence-corrected chi connectivity index (χ2v) is 7.81. The summed E-state index contributed by atoms with van der Waals surface area (Å²) in [5.41, 5.74) is 1.04. The summed E-state index contributed by atoms with van der Waals surface area (Å²) < 4.78 is 5.15. The van der Waals surface area contributed by atoms with Gasteiger partial charge in [0.1, 0.15) is 11.8 Å². The number of carbonyl (C=O) groups excluding carboxylic acids is 2. The van der Waals surface area contributed by atoms with Gasteiger partial charge in [0.2, 0.25) is 11.8 Å². The van der Waals surface area contributed by atoms with Gasteiger partial charge in [0.25, 0.3) is 0 Å². The van der Waals surface area contributed by atoms with Crippen LogP contribution in [0.25, 0.3) is 0 Å². The molecule has 0 saturated carbocycles. The van der Waals surface area contributed by atoms with E-state index >= 15 is 0 Å². The molecular weight excluding hydrogens is 312 g/mol. The highest BCUT2D eigenvalue weighted by atomic mass is 32.2. The summed E-state index contributed by atoms with van der Waals surface area (Å²) in [6, 6.07) is 7.36. The quantitative estimate of drug-likeness (QED) is 0.846. The van der Waals surface area contributed by atoms with Gasteiger partial charge in [-0.2, -0.15) is 0 Å². The Hall–Kier alpha value is -1.69. The van der Waals surface area contributed by atoms with Crippen molar-refractivity contribution in [1.82, 2.24) is 9.80 Å². The van der Waals surface area contributed by atoms with Crippen molar-refractivity contribution in [3.05, 3.63) is 29.8 Å². The number of benzene rings is 1. The van der Waals surface area contributed by atoms with E-state index in [1.54, 1.807) is 30.8 Å². The predicted octanol–water partition coefficient (Wildman–Crippen LogP) is 2.11. The monoisotopic (exact) mass is 334 g/mol. The van der Waals surface area contributed by atoms with Crippen LogP contribution in [0, 0.1) is 0 Å². The SMILES string of the molecule is COc1ccc(CN(C)C(=O)[C@H]2CS[C@]3(C)CCC(=O)N23)cc1. The van der Waals surface area contributed by atoms with Crippen molar-refractivity contribution in [1.29, 1.82) is 0 Å². The van der Waals surface area contributed by atoms with Gasteiger partial charge in [-0.25, -0.2) is 0 Å². The number of rotatable bonds is 4. The number of thioether (sulfide) groups is 1. The van der Waals surface area contributed by atoms with Crippen molar-refractivity contribution >= 4 is 23.6 Å². The number of likely N-dealkylation sites (N-methyl/N-ethyl adjacent to an activating group) is 1. The van der Waals surface area contributed by atoms with Gasteiger partial charge < -0.3 is 14.5 Å². The number of ether oxygens (including phenoxy) is 1. The molecule has 2 aliphatic rings. The first-order valence-corrected chi connectivity index (χ1v) is 8.77. The van der Waals surface area contributed by atoms with E-state index in [4.69, 9.17) is 4.74 Å². The van der Waals surface area contributed by atoms with Crippen LogP contribution in [0.3, 0.4) is 0 Å². The van der Waals surface area contributed by atoms with Crippen LogP contribution in [-0.4, -0.2) is 52.4 Å². The number of amides is 2. The maximum absolute atomic E-state index is 12.8. The molecule has 124 valence electrons. The molecule has 3 rings (SSSR count). The lowest BCUT2D eigenvalue weighted by Crippen LogP contribution is -2.50. The van der Waals surface area contributed by atoms with Gasteiger partial charge in [0, 0.05) is 25.8 Å². The summed E-state index contributed by atoms with van der Waals surface area (Å²) >= 11 is 1.73. The molecule has 0 radical (unpaired) electrons. The zero-order valence-electron chi connectivity index (χ0n) is 13.7. The Balaban J connectivity index is 1.68. The lowest BCUT2D eigenvalue weighted by Gasteiger charge is -2.32. The molecule has 0 unspecified atom stereocenters. The standard InChI is InChI=1S/C17H22N2O3S/c1-17-9-8-15(20)19(17)14(11-23-17)16(21)18(2)10-12-4-6-13(22-3)7-5-12/h4-7,14H,8-11H2,1-3H3/t14-,17-/m1/s1. The minimum absolute atomic E-state index is 0.0206. The zero-order valence-corrected chi connectivity index (χ0v) is 14.6. The van der Waals surface area contributed by atoms with Crippen LogP contribution < -0.4 is 4.74 Å². The zero-order chi connectivity index (χ0) is 16.6. The van der Waals surface area contributed by atoms with Gasteiger partial charge in [0.15, 0.2) is 0 Å². The summed E-state index contributed by atoms with van der Waals surface area (Å²) in [4.78, 5) is 28.3. The predicted molar refractivity (Wildman–Crippen MR) is 90.2 cm³/mol. The first-order chi connectivity index (χ1) is 10.9. The molecule has 5 nitrogen and oxygen atoms in total. The van der Waals surface area contributed by atoms with Gasteiger partial charge >= 0.3 is 0 Å². The number of carbonyl (C=O) groups is 2. The first kappa shape index (κ1) is 16.2. The van der Waals surface area contributed by atoms with Crippen molar-refractivity contribution in [2.75, 3.05) is 19.9 Å². The lowest BCUT2D eigenvalue weighted by molar-refractivity contribution is -0.143. The summed E-state index contributed by atoms with van der Waals surface area (Å²) in [5, 5.41) is 0.